The maximum atomic E-state index is 12.0. The summed E-state index contributed by atoms with van der Waals surface area (Å²) < 4.78 is 0. The predicted octanol–water partition coefficient (Wildman–Crippen LogP) is -2.56. The number of carbonyl (C=O) groups excluding carboxylic acids is 3. The van der Waals surface area contributed by atoms with E-state index in [9.17, 15) is 19.5 Å². The number of carbonyl (C=O) groups is 3. The van der Waals surface area contributed by atoms with Gasteiger partial charge < -0.3 is 27.2 Å². The van der Waals surface area contributed by atoms with Gasteiger partial charge in [-0.1, -0.05) is 13.8 Å². The molecular formula is C11H22N4O4. The molecule has 0 aliphatic heterocycles. The average molecular weight is 274 g/mol. The van der Waals surface area contributed by atoms with Gasteiger partial charge in [-0.25, -0.2) is 0 Å². The summed E-state index contributed by atoms with van der Waals surface area (Å²) in [5.74, 6) is -2.14. The highest BCUT2D eigenvalue weighted by Crippen LogP contribution is 2.03. The highest BCUT2D eigenvalue weighted by Gasteiger charge is 2.29. The fraction of sp³-hybridized carbons (Fsp3) is 0.727. The van der Waals surface area contributed by atoms with Crippen LogP contribution in [0.5, 0.6) is 0 Å². The van der Waals surface area contributed by atoms with E-state index in [2.05, 4.69) is 10.6 Å². The van der Waals surface area contributed by atoms with Crippen molar-refractivity contribution in [3.8, 4) is 0 Å². The summed E-state index contributed by atoms with van der Waals surface area (Å²) >= 11 is 0. The van der Waals surface area contributed by atoms with Crippen molar-refractivity contribution >= 4 is 17.7 Å². The second-order valence-electron chi connectivity index (χ2n) is 4.62. The molecule has 0 aromatic heterocycles. The first-order chi connectivity index (χ1) is 8.70. The summed E-state index contributed by atoms with van der Waals surface area (Å²) in [4.78, 5) is 34.3. The molecule has 3 atom stereocenters. The first kappa shape index (κ1) is 17.3. The Morgan fingerprint density at radius 3 is 1.95 bits per heavy atom. The van der Waals surface area contributed by atoms with Crippen LogP contribution in [0.2, 0.25) is 0 Å². The van der Waals surface area contributed by atoms with E-state index in [1.807, 2.05) is 0 Å². The Kier molecular flexibility index (Phi) is 7.02. The third kappa shape index (κ3) is 5.66. The molecule has 0 aliphatic rings. The zero-order valence-corrected chi connectivity index (χ0v) is 11.3. The summed E-state index contributed by atoms with van der Waals surface area (Å²) in [7, 11) is 0. The molecule has 19 heavy (non-hydrogen) atoms. The smallest absolute Gasteiger partial charge is 0.243 e. The van der Waals surface area contributed by atoms with E-state index in [0.29, 0.717) is 0 Å². The Hall–Kier alpha value is -1.67. The summed E-state index contributed by atoms with van der Waals surface area (Å²) in [6.45, 7) is 4.54. The minimum atomic E-state index is -1.21. The molecule has 1 unspecified atom stereocenters. The lowest BCUT2D eigenvalue weighted by molar-refractivity contribution is -0.133. The van der Waals surface area contributed by atoms with Crippen LogP contribution in [0, 0.1) is 5.92 Å². The third-order valence-electron chi connectivity index (χ3n) is 2.54. The first-order valence-electron chi connectivity index (χ1n) is 5.97. The molecule has 0 rings (SSSR count). The Morgan fingerprint density at radius 1 is 1.11 bits per heavy atom. The minimum Gasteiger partial charge on any atom is -0.391 e. The van der Waals surface area contributed by atoms with Crippen LogP contribution in [0.3, 0.4) is 0 Å². The summed E-state index contributed by atoms with van der Waals surface area (Å²) in [5.41, 5.74) is 10.2. The van der Waals surface area contributed by atoms with Gasteiger partial charge in [-0.3, -0.25) is 14.4 Å². The van der Waals surface area contributed by atoms with Crippen LogP contribution in [0.4, 0.5) is 0 Å². The number of hydrogen-bond donors (Lipinski definition) is 5. The van der Waals surface area contributed by atoms with E-state index < -0.39 is 35.9 Å². The number of nitrogens with two attached hydrogens (primary N) is 2. The zero-order valence-electron chi connectivity index (χ0n) is 11.3. The Balaban J connectivity index is 4.81. The molecule has 8 heteroatoms. The lowest BCUT2D eigenvalue weighted by atomic mass is 10.0. The van der Waals surface area contributed by atoms with Crippen LogP contribution in [0.15, 0.2) is 0 Å². The standard InChI is InChI=1S/C11H22N4O4/c1-5(2)8(14-7(17)4-12)11(19)15-9(6(3)16)10(13)18/h5-6,8-9,16H,4,12H2,1-3H3,(H2,13,18)(H,14,17)(H,15,19)/t6?,8-,9-/m0/s1. The highest BCUT2D eigenvalue weighted by atomic mass is 16.3. The van der Waals surface area contributed by atoms with Gasteiger partial charge in [0, 0.05) is 0 Å². The van der Waals surface area contributed by atoms with Gasteiger partial charge in [0.05, 0.1) is 12.6 Å². The number of rotatable bonds is 7. The summed E-state index contributed by atoms with van der Waals surface area (Å²) in [6, 6.07) is -2.06. The molecule has 0 heterocycles. The Bertz CT molecular complexity index is 344. The van der Waals surface area contributed by atoms with Gasteiger partial charge in [-0.05, 0) is 12.8 Å². The molecule has 0 radical (unpaired) electrons. The maximum Gasteiger partial charge on any atom is 0.243 e. The van der Waals surface area contributed by atoms with E-state index in [-0.39, 0.29) is 12.5 Å². The van der Waals surface area contributed by atoms with Gasteiger partial charge in [-0.15, -0.1) is 0 Å². The quantitative estimate of drug-likeness (QED) is 0.346. The van der Waals surface area contributed by atoms with Crippen molar-refractivity contribution in [2.75, 3.05) is 6.54 Å². The van der Waals surface area contributed by atoms with Crippen molar-refractivity contribution in [2.45, 2.75) is 39.0 Å². The molecule has 7 N–H and O–H groups in total. The second-order valence-corrected chi connectivity index (χ2v) is 4.62. The summed E-state index contributed by atoms with van der Waals surface area (Å²) in [6.07, 6.45) is -1.13. The van der Waals surface area contributed by atoms with Crippen LogP contribution in [0.1, 0.15) is 20.8 Å². The maximum absolute atomic E-state index is 12.0. The fourth-order valence-electron chi connectivity index (χ4n) is 1.44. The molecule has 0 fully saturated rings. The van der Waals surface area contributed by atoms with Crippen molar-refractivity contribution < 1.29 is 19.5 Å². The average Bonchev–Trinajstić information content (AvgIpc) is 2.30. The van der Waals surface area contributed by atoms with Gasteiger partial charge in [0.1, 0.15) is 12.1 Å². The molecule has 8 nitrogen and oxygen atoms in total. The van der Waals surface area contributed by atoms with E-state index >= 15 is 0 Å². The van der Waals surface area contributed by atoms with Crippen molar-refractivity contribution in [1.29, 1.82) is 0 Å². The molecule has 0 bridgehead atoms. The molecular weight excluding hydrogens is 252 g/mol. The molecule has 0 aliphatic carbocycles. The molecule has 0 aromatic rings. The number of nitrogens with one attached hydrogen (secondary N) is 2. The topological polar surface area (TPSA) is 148 Å². The van der Waals surface area contributed by atoms with Gasteiger partial charge in [0.2, 0.25) is 17.7 Å². The summed E-state index contributed by atoms with van der Waals surface area (Å²) in [5, 5.41) is 14.1. The second kappa shape index (κ2) is 7.70. The predicted molar refractivity (Wildman–Crippen MR) is 68.6 cm³/mol. The van der Waals surface area contributed by atoms with Gasteiger partial charge in [0.25, 0.3) is 0 Å². The minimum absolute atomic E-state index is 0.210. The van der Waals surface area contributed by atoms with E-state index in [1.165, 1.54) is 6.92 Å². The first-order valence-corrected chi connectivity index (χ1v) is 5.97. The normalized spacial score (nSPS) is 15.5. The SMILES string of the molecule is CC(C)[C@H](NC(=O)CN)C(=O)N[C@H](C(N)=O)C(C)O. The lowest BCUT2D eigenvalue weighted by Gasteiger charge is -2.25. The largest absolute Gasteiger partial charge is 0.391 e. The fourth-order valence-corrected chi connectivity index (χ4v) is 1.44. The van der Waals surface area contributed by atoms with Crippen molar-refractivity contribution in [1.82, 2.24) is 10.6 Å². The van der Waals surface area contributed by atoms with Crippen LogP contribution in [0.25, 0.3) is 0 Å². The van der Waals surface area contributed by atoms with Crippen molar-refractivity contribution in [3.63, 3.8) is 0 Å². The van der Waals surface area contributed by atoms with Crippen LogP contribution >= 0.6 is 0 Å². The van der Waals surface area contributed by atoms with Gasteiger partial charge in [-0.2, -0.15) is 0 Å². The van der Waals surface area contributed by atoms with Gasteiger partial charge in [0.15, 0.2) is 0 Å². The monoisotopic (exact) mass is 274 g/mol. The number of aliphatic hydroxyl groups excluding tert-OH is 1. The van der Waals surface area contributed by atoms with Crippen LogP contribution in [-0.4, -0.2) is 47.6 Å². The molecule has 0 spiro atoms. The number of primary amides is 1. The van der Waals surface area contributed by atoms with Crippen molar-refractivity contribution in [2.24, 2.45) is 17.4 Å². The van der Waals surface area contributed by atoms with Crippen LogP contribution < -0.4 is 22.1 Å². The number of hydrogen-bond acceptors (Lipinski definition) is 5. The van der Waals surface area contributed by atoms with Crippen molar-refractivity contribution in [3.05, 3.63) is 0 Å². The number of amides is 3. The molecule has 0 saturated heterocycles. The third-order valence-corrected chi connectivity index (χ3v) is 2.54. The van der Waals surface area contributed by atoms with E-state index in [0.717, 1.165) is 0 Å². The zero-order chi connectivity index (χ0) is 15.2. The number of aliphatic hydroxyl groups is 1. The Labute approximate surface area is 111 Å². The lowest BCUT2D eigenvalue weighted by Crippen LogP contribution is -2.58. The van der Waals surface area contributed by atoms with E-state index in [1.54, 1.807) is 13.8 Å². The molecule has 110 valence electrons. The molecule has 3 amide bonds. The highest BCUT2D eigenvalue weighted by molar-refractivity contribution is 5.92. The van der Waals surface area contributed by atoms with Crippen LogP contribution in [-0.2, 0) is 14.4 Å². The van der Waals surface area contributed by atoms with E-state index in [4.69, 9.17) is 11.5 Å². The molecule has 0 saturated carbocycles. The van der Waals surface area contributed by atoms with Gasteiger partial charge >= 0.3 is 0 Å². The Morgan fingerprint density at radius 2 is 1.63 bits per heavy atom. The molecule has 0 aromatic carbocycles.